The fourth-order valence-electron chi connectivity index (χ4n) is 1.92. The molecule has 0 amide bonds. The second kappa shape index (κ2) is 6.74. The van der Waals surface area contributed by atoms with Crippen molar-refractivity contribution in [3.63, 3.8) is 0 Å². The maximum Gasteiger partial charge on any atom is 0.303 e. The van der Waals surface area contributed by atoms with Gasteiger partial charge in [0.1, 0.15) is 0 Å². The van der Waals surface area contributed by atoms with E-state index in [9.17, 15) is 4.79 Å². The summed E-state index contributed by atoms with van der Waals surface area (Å²) in [5.41, 5.74) is 0.657. The summed E-state index contributed by atoms with van der Waals surface area (Å²) in [6.07, 6.45) is 0.942. The van der Waals surface area contributed by atoms with E-state index in [-0.39, 0.29) is 6.42 Å². The van der Waals surface area contributed by atoms with Crippen molar-refractivity contribution < 1.29 is 23.9 Å². The summed E-state index contributed by atoms with van der Waals surface area (Å²) in [6.45, 7) is 0. The van der Waals surface area contributed by atoms with E-state index >= 15 is 0 Å². The maximum absolute atomic E-state index is 10.5. The number of aliphatic carboxylic acids is 1. The summed E-state index contributed by atoms with van der Waals surface area (Å²) in [5.74, 6) is 1.04. The molecule has 112 valence electrons. The third-order valence-electron chi connectivity index (χ3n) is 2.89. The molecule has 0 fully saturated rings. The first kappa shape index (κ1) is 14.8. The predicted molar refractivity (Wildman–Crippen MR) is 73.4 cm³/mol. The second-order valence-corrected chi connectivity index (χ2v) is 4.30. The lowest BCUT2D eigenvalue weighted by Gasteiger charge is -2.09. The zero-order valence-corrected chi connectivity index (χ0v) is 11.8. The molecule has 0 bridgehead atoms. The quantitative estimate of drug-likeness (QED) is 0.835. The number of methoxy groups -OCH3 is 2. The molecule has 0 aliphatic carbocycles. The molecule has 0 unspecified atom stereocenters. The Labute approximate surface area is 121 Å². The standard InChI is InChI=1S/C14H16N2O5/c1-19-10-6-3-5-9(13(10)20-2)14-15-11(21-16-14)7-4-8-12(17)18/h3,5-6H,4,7-8H2,1-2H3,(H,17,18). The van der Waals surface area contributed by atoms with Crippen molar-refractivity contribution >= 4 is 5.97 Å². The van der Waals surface area contributed by atoms with Gasteiger partial charge < -0.3 is 19.1 Å². The average Bonchev–Trinajstić information content (AvgIpc) is 2.94. The fourth-order valence-corrected chi connectivity index (χ4v) is 1.92. The Bertz CT molecular complexity index is 624. The molecule has 0 radical (unpaired) electrons. The highest BCUT2D eigenvalue weighted by atomic mass is 16.5. The van der Waals surface area contributed by atoms with Crippen LogP contribution in [0, 0.1) is 0 Å². The third kappa shape index (κ3) is 3.50. The monoisotopic (exact) mass is 292 g/mol. The van der Waals surface area contributed by atoms with Gasteiger partial charge >= 0.3 is 5.97 Å². The van der Waals surface area contributed by atoms with E-state index < -0.39 is 5.97 Å². The van der Waals surface area contributed by atoms with E-state index in [0.717, 1.165) is 0 Å². The Balaban J connectivity index is 2.19. The summed E-state index contributed by atoms with van der Waals surface area (Å²) in [4.78, 5) is 14.7. The van der Waals surface area contributed by atoms with E-state index in [4.69, 9.17) is 19.1 Å². The van der Waals surface area contributed by atoms with Crippen LogP contribution in [0.5, 0.6) is 11.5 Å². The smallest absolute Gasteiger partial charge is 0.303 e. The van der Waals surface area contributed by atoms with Crippen molar-refractivity contribution in [1.82, 2.24) is 10.1 Å². The van der Waals surface area contributed by atoms with Gasteiger partial charge in [-0.3, -0.25) is 4.79 Å². The highest BCUT2D eigenvalue weighted by Crippen LogP contribution is 2.36. The van der Waals surface area contributed by atoms with Crippen LogP contribution in [0.4, 0.5) is 0 Å². The van der Waals surface area contributed by atoms with Gasteiger partial charge in [0.05, 0.1) is 19.8 Å². The van der Waals surface area contributed by atoms with Gasteiger partial charge in [-0.15, -0.1) is 0 Å². The minimum Gasteiger partial charge on any atom is -0.493 e. The molecular formula is C14H16N2O5. The van der Waals surface area contributed by atoms with Gasteiger partial charge in [0.15, 0.2) is 11.5 Å². The molecule has 0 atom stereocenters. The average molecular weight is 292 g/mol. The van der Waals surface area contributed by atoms with Crippen LogP contribution in [0.1, 0.15) is 18.7 Å². The van der Waals surface area contributed by atoms with E-state index in [1.165, 1.54) is 7.11 Å². The largest absolute Gasteiger partial charge is 0.493 e. The highest BCUT2D eigenvalue weighted by molar-refractivity contribution is 5.68. The van der Waals surface area contributed by atoms with Gasteiger partial charge in [0.2, 0.25) is 11.7 Å². The van der Waals surface area contributed by atoms with Crippen LogP contribution < -0.4 is 9.47 Å². The van der Waals surface area contributed by atoms with Gasteiger partial charge in [-0.1, -0.05) is 11.2 Å². The van der Waals surface area contributed by atoms with Crippen molar-refractivity contribution in [2.24, 2.45) is 0 Å². The van der Waals surface area contributed by atoms with Crippen LogP contribution in [0.3, 0.4) is 0 Å². The normalized spacial score (nSPS) is 10.4. The molecule has 0 saturated carbocycles. The number of benzene rings is 1. The molecule has 1 heterocycles. The van der Waals surface area contributed by atoms with Gasteiger partial charge in [-0.05, 0) is 18.6 Å². The van der Waals surface area contributed by atoms with Crippen molar-refractivity contribution in [3.8, 4) is 22.9 Å². The van der Waals surface area contributed by atoms with Crippen molar-refractivity contribution in [2.45, 2.75) is 19.3 Å². The van der Waals surface area contributed by atoms with Gasteiger partial charge in [-0.2, -0.15) is 4.98 Å². The Morgan fingerprint density at radius 3 is 2.81 bits per heavy atom. The Morgan fingerprint density at radius 2 is 2.14 bits per heavy atom. The van der Waals surface area contributed by atoms with Gasteiger partial charge in [0.25, 0.3) is 0 Å². The molecule has 0 aliphatic rings. The lowest BCUT2D eigenvalue weighted by Crippen LogP contribution is -1.96. The summed E-state index contributed by atoms with van der Waals surface area (Å²) in [7, 11) is 3.09. The first-order valence-corrected chi connectivity index (χ1v) is 6.41. The molecule has 7 nitrogen and oxygen atoms in total. The van der Waals surface area contributed by atoms with Crippen LogP contribution in [-0.2, 0) is 11.2 Å². The van der Waals surface area contributed by atoms with E-state index in [0.29, 0.717) is 41.6 Å². The lowest BCUT2D eigenvalue weighted by atomic mass is 10.1. The molecule has 1 N–H and O–H groups in total. The second-order valence-electron chi connectivity index (χ2n) is 4.30. The topological polar surface area (TPSA) is 94.7 Å². The number of carboxylic acids is 1. The molecule has 0 spiro atoms. The van der Waals surface area contributed by atoms with Crippen molar-refractivity contribution in [3.05, 3.63) is 24.1 Å². The number of rotatable bonds is 7. The Morgan fingerprint density at radius 1 is 1.33 bits per heavy atom. The fraction of sp³-hybridized carbons (Fsp3) is 0.357. The van der Waals surface area contributed by atoms with Gasteiger partial charge in [-0.25, -0.2) is 0 Å². The van der Waals surface area contributed by atoms with Crippen LogP contribution in [-0.4, -0.2) is 35.4 Å². The molecule has 2 aromatic rings. The number of carboxylic acid groups (broad SMARTS) is 1. The predicted octanol–water partition coefficient (Wildman–Crippen LogP) is 2.16. The van der Waals surface area contributed by atoms with Crippen molar-refractivity contribution in [2.75, 3.05) is 14.2 Å². The zero-order valence-electron chi connectivity index (χ0n) is 11.8. The molecule has 0 aliphatic heterocycles. The number of para-hydroxylation sites is 1. The molecule has 1 aromatic heterocycles. The maximum atomic E-state index is 10.5. The molecular weight excluding hydrogens is 276 g/mol. The minimum absolute atomic E-state index is 0.0696. The molecule has 1 aromatic carbocycles. The third-order valence-corrected chi connectivity index (χ3v) is 2.89. The number of aryl methyl sites for hydroxylation is 1. The van der Waals surface area contributed by atoms with Crippen LogP contribution in [0.15, 0.2) is 22.7 Å². The molecule has 0 saturated heterocycles. The number of aromatic nitrogens is 2. The Hall–Kier alpha value is -2.57. The highest BCUT2D eigenvalue weighted by Gasteiger charge is 2.16. The number of carbonyl (C=O) groups is 1. The number of nitrogens with zero attached hydrogens (tertiary/aromatic N) is 2. The SMILES string of the molecule is COc1cccc(-c2noc(CCCC(=O)O)n2)c1OC. The summed E-state index contributed by atoms with van der Waals surface area (Å²) >= 11 is 0. The summed E-state index contributed by atoms with van der Waals surface area (Å²) < 4.78 is 15.7. The molecule has 21 heavy (non-hydrogen) atoms. The van der Waals surface area contributed by atoms with Crippen molar-refractivity contribution in [1.29, 1.82) is 0 Å². The summed E-state index contributed by atoms with van der Waals surface area (Å²) in [6, 6.07) is 5.38. The number of hydrogen-bond acceptors (Lipinski definition) is 6. The molecule has 2 rings (SSSR count). The first-order valence-electron chi connectivity index (χ1n) is 6.41. The zero-order chi connectivity index (χ0) is 15.2. The summed E-state index contributed by atoms with van der Waals surface area (Å²) in [5, 5.41) is 12.5. The van der Waals surface area contributed by atoms with E-state index in [1.807, 2.05) is 0 Å². The van der Waals surface area contributed by atoms with Crippen LogP contribution in [0.25, 0.3) is 11.4 Å². The van der Waals surface area contributed by atoms with E-state index in [1.54, 1.807) is 25.3 Å². The first-order chi connectivity index (χ1) is 10.2. The van der Waals surface area contributed by atoms with Gasteiger partial charge in [0, 0.05) is 12.8 Å². The lowest BCUT2D eigenvalue weighted by molar-refractivity contribution is -0.137. The Kier molecular flexibility index (Phi) is 4.76. The minimum atomic E-state index is -0.843. The number of ether oxygens (including phenoxy) is 2. The number of hydrogen-bond donors (Lipinski definition) is 1. The van der Waals surface area contributed by atoms with Crippen LogP contribution in [0.2, 0.25) is 0 Å². The van der Waals surface area contributed by atoms with Crippen LogP contribution >= 0.6 is 0 Å². The molecule has 7 heteroatoms. The van der Waals surface area contributed by atoms with E-state index in [2.05, 4.69) is 10.1 Å².